The second kappa shape index (κ2) is 3.56. The summed E-state index contributed by atoms with van der Waals surface area (Å²) in [5.41, 5.74) is 0.564. The third kappa shape index (κ3) is 1.50. The van der Waals surface area contributed by atoms with Crippen LogP contribution in [-0.4, -0.2) is 32.9 Å². The standard InChI is InChI=1S/C9H9N3O3/c1-2-15-7-5-4-11-12-8(5)10-3-6(7)9(13)14/h3-4H,2H2,1H3,(H,13,14)(H,10,11,12). The summed E-state index contributed by atoms with van der Waals surface area (Å²) in [6, 6.07) is 0. The van der Waals surface area contributed by atoms with E-state index in [1.54, 1.807) is 6.92 Å². The number of aromatic amines is 1. The second-order valence-electron chi connectivity index (χ2n) is 2.87. The fourth-order valence-electron chi connectivity index (χ4n) is 1.33. The summed E-state index contributed by atoms with van der Waals surface area (Å²) in [5, 5.41) is 16.0. The van der Waals surface area contributed by atoms with E-state index in [-0.39, 0.29) is 5.56 Å². The van der Waals surface area contributed by atoms with Crippen molar-refractivity contribution in [1.29, 1.82) is 0 Å². The monoisotopic (exact) mass is 207 g/mol. The molecule has 2 rings (SSSR count). The Morgan fingerprint density at radius 3 is 3.07 bits per heavy atom. The first-order chi connectivity index (χ1) is 7.24. The smallest absolute Gasteiger partial charge is 0.341 e. The molecule has 6 nitrogen and oxygen atoms in total. The number of carboxylic acids is 1. The van der Waals surface area contributed by atoms with Gasteiger partial charge in [0.25, 0.3) is 0 Å². The van der Waals surface area contributed by atoms with Crippen LogP contribution >= 0.6 is 0 Å². The molecule has 0 atom stereocenters. The number of nitrogens with one attached hydrogen (secondary N) is 1. The highest BCUT2D eigenvalue weighted by Crippen LogP contribution is 2.26. The van der Waals surface area contributed by atoms with E-state index in [0.29, 0.717) is 23.4 Å². The number of hydrogen-bond acceptors (Lipinski definition) is 4. The van der Waals surface area contributed by atoms with E-state index in [2.05, 4.69) is 15.2 Å². The number of nitrogens with zero attached hydrogens (tertiary/aromatic N) is 2. The lowest BCUT2D eigenvalue weighted by Gasteiger charge is -2.06. The molecular weight excluding hydrogens is 198 g/mol. The zero-order valence-electron chi connectivity index (χ0n) is 8.02. The van der Waals surface area contributed by atoms with Crippen molar-refractivity contribution in [3.05, 3.63) is 18.0 Å². The minimum atomic E-state index is -1.06. The SMILES string of the molecule is CCOc1c(C(=O)O)cnc2[nH]ncc12. The molecule has 0 aliphatic carbocycles. The zero-order valence-corrected chi connectivity index (χ0v) is 8.02. The van der Waals surface area contributed by atoms with Gasteiger partial charge in [-0.3, -0.25) is 5.10 Å². The van der Waals surface area contributed by atoms with Crippen LogP contribution in [0, 0.1) is 0 Å². The Hall–Kier alpha value is -2.11. The van der Waals surface area contributed by atoms with Crippen molar-refractivity contribution >= 4 is 17.0 Å². The number of aromatic carboxylic acids is 1. The fourth-order valence-corrected chi connectivity index (χ4v) is 1.33. The molecule has 0 aliphatic rings. The van der Waals surface area contributed by atoms with Gasteiger partial charge in [-0.15, -0.1) is 0 Å². The predicted molar refractivity (Wildman–Crippen MR) is 52.0 cm³/mol. The van der Waals surface area contributed by atoms with E-state index in [9.17, 15) is 4.79 Å². The summed E-state index contributed by atoms with van der Waals surface area (Å²) in [7, 11) is 0. The lowest BCUT2D eigenvalue weighted by Crippen LogP contribution is -2.04. The Morgan fingerprint density at radius 1 is 1.60 bits per heavy atom. The zero-order chi connectivity index (χ0) is 10.8. The van der Waals surface area contributed by atoms with Crippen molar-refractivity contribution in [3.8, 4) is 5.75 Å². The molecule has 2 aromatic heterocycles. The van der Waals surface area contributed by atoms with Crippen LogP contribution in [0.25, 0.3) is 11.0 Å². The molecule has 0 unspecified atom stereocenters. The molecule has 78 valence electrons. The molecule has 0 aromatic carbocycles. The van der Waals surface area contributed by atoms with Crippen LogP contribution in [0.1, 0.15) is 17.3 Å². The van der Waals surface area contributed by atoms with Crippen LogP contribution < -0.4 is 4.74 Å². The lowest BCUT2D eigenvalue weighted by molar-refractivity contribution is 0.0692. The average Bonchev–Trinajstić information content (AvgIpc) is 2.66. The van der Waals surface area contributed by atoms with Crippen LogP contribution in [0.4, 0.5) is 0 Å². The summed E-state index contributed by atoms with van der Waals surface area (Å²) >= 11 is 0. The first kappa shape index (κ1) is 9.45. The molecule has 2 aromatic rings. The number of carboxylic acid groups (broad SMARTS) is 1. The van der Waals surface area contributed by atoms with E-state index in [4.69, 9.17) is 9.84 Å². The average molecular weight is 207 g/mol. The molecule has 0 aliphatic heterocycles. The number of H-pyrrole nitrogens is 1. The summed E-state index contributed by atoms with van der Waals surface area (Å²) in [6.07, 6.45) is 2.76. The maximum atomic E-state index is 10.9. The molecular formula is C9H9N3O3. The number of rotatable bonds is 3. The molecule has 0 fully saturated rings. The Balaban J connectivity index is 2.69. The van der Waals surface area contributed by atoms with Gasteiger partial charge in [0, 0.05) is 6.20 Å². The first-order valence-corrected chi connectivity index (χ1v) is 4.42. The van der Waals surface area contributed by atoms with E-state index < -0.39 is 5.97 Å². The van der Waals surface area contributed by atoms with Gasteiger partial charge in [0.05, 0.1) is 18.2 Å². The first-order valence-electron chi connectivity index (χ1n) is 4.42. The van der Waals surface area contributed by atoms with E-state index >= 15 is 0 Å². The number of pyridine rings is 1. The van der Waals surface area contributed by atoms with Gasteiger partial charge in [-0.2, -0.15) is 5.10 Å². The van der Waals surface area contributed by atoms with Gasteiger partial charge in [-0.25, -0.2) is 9.78 Å². The fraction of sp³-hybridized carbons (Fsp3) is 0.222. The summed E-state index contributed by atoms with van der Waals surface area (Å²) in [6.45, 7) is 2.18. The highest BCUT2D eigenvalue weighted by atomic mass is 16.5. The van der Waals surface area contributed by atoms with Crippen molar-refractivity contribution < 1.29 is 14.6 Å². The topological polar surface area (TPSA) is 88.1 Å². The molecule has 2 N–H and O–H groups in total. The number of fused-ring (bicyclic) bond motifs is 1. The van der Waals surface area contributed by atoms with Crippen molar-refractivity contribution in [2.75, 3.05) is 6.61 Å². The Kier molecular flexibility index (Phi) is 2.24. The number of aromatic nitrogens is 3. The van der Waals surface area contributed by atoms with Gasteiger partial charge in [-0.1, -0.05) is 0 Å². The minimum Gasteiger partial charge on any atom is -0.492 e. The van der Waals surface area contributed by atoms with Gasteiger partial charge in [-0.05, 0) is 6.92 Å². The van der Waals surface area contributed by atoms with E-state index in [1.165, 1.54) is 12.4 Å². The van der Waals surface area contributed by atoms with Crippen molar-refractivity contribution in [2.24, 2.45) is 0 Å². The Bertz CT molecular complexity index is 506. The minimum absolute atomic E-state index is 0.0470. The number of ether oxygens (including phenoxy) is 1. The summed E-state index contributed by atoms with van der Waals surface area (Å²) in [4.78, 5) is 14.8. The molecule has 6 heteroatoms. The third-order valence-electron chi connectivity index (χ3n) is 1.95. The predicted octanol–water partition coefficient (Wildman–Crippen LogP) is 1.05. The molecule has 0 bridgehead atoms. The lowest BCUT2D eigenvalue weighted by atomic mass is 10.2. The van der Waals surface area contributed by atoms with Gasteiger partial charge in [0.2, 0.25) is 0 Å². The molecule has 2 heterocycles. The third-order valence-corrected chi connectivity index (χ3v) is 1.95. The summed E-state index contributed by atoms with van der Waals surface area (Å²) in [5.74, 6) is -0.752. The number of hydrogen-bond donors (Lipinski definition) is 2. The van der Waals surface area contributed by atoms with Crippen molar-refractivity contribution in [3.63, 3.8) is 0 Å². The Labute approximate surface area is 84.9 Å². The highest BCUT2D eigenvalue weighted by molar-refractivity contribution is 5.97. The van der Waals surface area contributed by atoms with Crippen molar-refractivity contribution in [1.82, 2.24) is 15.2 Å². The summed E-state index contributed by atoms with van der Waals surface area (Å²) < 4.78 is 5.29. The normalized spacial score (nSPS) is 10.5. The van der Waals surface area contributed by atoms with Crippen molar-refractivity contribution in [2.45, 2.75) is 6.92 Å². The van der Waals surface area contributed by atoms with Crippen LogP contribution in [0.3, 0.4) is 0 Å². The van der Waals surface area contributed by atoms with Gasteiger partial charge < -0.3 is 9.84 Å². The van der Waals surface area contributed by atoms with Crippen LogP contribution in [0.15, 0.2) is 12.4 Å². The second-order valence-corrected chi connectivity index (χ2v) is 2.87. The van der Waals surface area contributed by atoms with Crippen LogP contribution in [0.5, 0.6) is 5.75 Å². The largest absolute Gasteiger partial charge is 0.492 e. The van der Waals surface area contributed by atoms with Gasteiger partial charge in [0.1, 0.15) is 11.3 Å². The van der Waals surface area contributed by atoms with E-state index in [1.807, 2.05) is 0 Å². The molecule has 0 radical (unpaired) electrons. The molecule has 0 saturated carbocycles. The highest BCUT2D eigenvalue weighted by Gasteiger charge is 2.16. The van der Waals surface area contributed by atoms with Gasteiger partial charge >= 0.3 is 5.97 Å². The van der Waals surface area contributed by atoms with Crippen LogP contribution in [-0.2, 0) is 0 Å². The molecule has 0 saturated heterocycles. The Morgan fingerprint density at radius 2 is 2.40 bits per heavy atom. The van der Waals surface area contributed by atoms with E-state index in [0.717, 1.165) is 0 Å². The number of carbonyl (C=O) groups is 1. The molecule has 0 spiro atoms. The molecule has 0 amide bonds. The maximum absolute atomic E-state index is 10.9. The maximum Gasteiger partial charge on any atom is 0.341 e. The van der Waals surface area contributed by atoms with Gasteiger partial charge in [0.15, 0.2) is 5.65 Å². The van der Waals surface area contributed by atoms with Crippen LogP contribution in [0.2, 0.25) is 0 Å². The quantitative estimate of drug-likeness (QED) is 0.785. The molecule has 15 heavy (non-hydrogen) atoms.